The lowest BCUT2D eigenvalue weighted by Crippen LogP contribution is -2.26. The molecular weight excluding hydrogens is 278 g/mol. The molecule has 0 fully saturated rings. The molecule has 0 atom stereocenters. The van der Waals surface area contributed by atoms with Crippen LogP contribution in [0.2, 0.25) is 0 Å². The zero-order chi connectivity index (χ0) is 12.6. The van der Waals surface area contributed by atoms with Crippen molar-refractivity contribution in [2.45, 2.75) is 13.8 Å². The van der Waals surface area contributed by atoms with Crippen LogP contribution in [0.1, 0.15) is 13.8 Å². The zero-order valence-electron chi connectivity index (χ0n) is 8.68. The van der Waals surface area contributed by atoms with Gasteiger partial charge in [0.05, 0.1) is 13.2 Å². The average Bonchev–Trinajstić information content (AvgIpc) is 2.25. The summed E-state index contributed by atoms with van der Waals surface area (Å²) < 4.78 is 8.45. The van der Waals surface area contributed by atoms with Crippen molar-refractivity contribution in [2.75, 3.05) is 13.2 Å². The molecule has 0 N–H and O–H groups in total. The molecule has 0 aromatic rings. The van der Waals surface area contributed by atoms with Gasteiger partial charge < -0.3 is 9.47 Å². The third kappa shape index (κ3) is 9.02. The van der Waals surface area contributed by atoms with Crippen LogP contribution in [0.5, 0.6) is 0 Å². The summed E-state index contributed by atoms with van der Waals surface area (Å²) in [5.74, 6) is -5.75. The van der Waals surface area contributed by atoms with Crippen LogP contribution in [0.15, 0.2) is 0 Å². The lowest BCUT2D eigenvalue weighted by Gasteiger charge is -2.02. The lowest BCUT2D eigenvalue weighted by atomic mass is 10.7. The van der Waals surface area contributed by atoms with E-state index in [1.807, 2.05) is 0 Å². The van der Waals surface area contributed by atoms with E-state index in [1.54, 1.807) is 0 Å². The quantitative estimate of drug-likeness (QED) is 0.172. The summed E-state index contributed by atoms with van der Waals surface area (Å²) in [4.78, 5) is 50.1. The molecule has 102 valence electrons. The third-order valence-corrected chi connectivity index (χ3v) is 1.08. The first-order valence-corrected chi connectivity index (χ1v) is 4.29. The Morgan fingerprint density at radius 1 is 0.667 bits per heavy atom. The van der Waals surface area contributed by atoms with Crippen molar-refractivity contribution in [1.29, 1.82) is 0 Å². The summed E-state index contributed by atoms with van der Waals surface area (Å²) in [7, 11) is 0. The predicted octanol–water partition coefficient (Wildman–Crippen LogP) is -3.25. The average molecular weight is 294 g/mol. The molecule has 0 aliphatic rings. The highest BCUT2D eigenvalue weighted by Crippen LogP contribution is 1.90. The molecule has 0 saturated carbocycles. The second-order valence-electron chi connectivity index (χ2n) is 2.18. The Bertz CT molecular complexity index is 273. The summed E-state index contributed by atoms with van der Waals surface area (Å²) in [5.41, 5.74) is 0. The summed E-state index contributed by atoms with van der Waals surface area (Å²) >= 11 is 0. The van der Waals surface area contributed by atoms with Gasteiger partial charge in [0.15, 0.2) is 34.7 Å². The monoisotopic (exact) mass is 294 g/mol. The zero-order valence-corrected chi connectivity index (χ0v) is 8.68. The standard InChI is InChI=1S/C8H10O8.2Al.6H/c1-3-13-5(9)7(11)15-16-8(12)6(10)14-4-2;;;;;;;;/h3-4H2,1-2H3;;;;;;;;. The summed E-state index contributed by atoms with van der Waals surface area (Å²) in [6.07, 6.45) is 0. The van der Waals surface area contributed by atoms with E-state index < -0.39 is 23.9 Å². The van der Waals surface area contributed by atoms with Gasteiger partial charge in [-0.2, -0.15) is 0 Å². The van der Waals surface area contributed by atoms with Crippen LogP contribution < -0.4 is 0 Å². The van der Waals surface area contributed by atoms with Crippen molar-refractivity contribution in [3.63, 3.8) is 0 Å². The Morgan fingerprint density at radius 3 is 1.17 bits per heavy atom. The SMILES string of the molecule is CCOC(=O)C(=O)OOC(=O)C(=O)OCC.[AlH3].[AlH3]. The molecule has 0 aliphatic heterocycles. The fourth-order valence-corrected chi connectivity index (χ4v) is 0.524. The highest BCUT2D eigenvalue weighted by Gasteiger charge is 2.24. The van der Waals surface area contributed by atoms with Crippen molar-refractivity contribution in [3.8, 4) is 0 Å². The predicted molar refractivity (Wildman–Crippen MR) is 65.3 cm³/mol. The molecule has 0 aliphatic carbocycles. The molecule has 18 heavy (non-hydrogen) atoms. The second kappa shape index (κ2) is 12.4. The summed E-state index contributed by atoms with van der Waals surface area (Å²) in [6, 6.07) is 0. The Labute approximate surface area is 124 Å². The largest absolute Gasteiger partial charge is 0.462 e. The van der Waals surface area contributed by atoms with Crippen molar-refractivity contribution >= 4 is 58.6 Å². The number of carbonyl (C=O) groups excluding carboxylic acids is 4. The maximum Gasteiger partial charge on any atom is 0.462 e. The van der Waals surface area contributed by atoms with E-state index in [1.165, 1.54) is 13.8 Å². The molecule has 0 radical (unpaired) electrons. The highest BCUT2D eigenvalue weighted by atomic mass is 27.0. The minimum absolute atomic E-state index is 0. The maximum atomic E-state index is 10.7. The number of hydrogen-bond donors (Lipinski definition) is 0. The van der Waals surface area contributed by atoms with Gasteiger partial charge in [-0.15, -0.1) is 0 Å². The van der Waals surface area contributed by atoms with Crippen LogP contribution in [0.25, 0.3) is 0 Å². The number of ether oxygens (including phenoxy) is 2. The number of carbonyl (C=O) groups is 4. The Balaban J connectivity index is -0.00000112. The van der Waals surface area contributed by atoms with Crippen LogP contribution in [-0.4, -0.2) is 71.8 Å². The molecule has 8 nitrogen and oxygen atoms in total. The number of esters is 2. The van der Waals surface area contributed by atoms with Crippen LogP contribution in [0.4, 0.5) is 0 Å². The molecule has 10 heteroatoms. The number of rotatable bonds is 2. The van der Waals surface area contributed by atoms with Gasteiger partial charge in [0.25, 0.3) is 0 Å². The van der Waals surface area contributed by atoms with E-state index >= 15 is 0 Å². The molecule has 0 unspecified atom stereocenters. The lowest BCUT2D eigenvalue weighted by molar-refractivity contribution is -0.259. The van der Waals surface area contributed by atoms with E-state index in [2.05, 4.69) is 19.2 Å². The van der Waals surface area contributed by atoms with Gasteiger partial charge in [-0.3, -0.25) is 0 Å². The van der Waals surface area contributed by atoms with Gasteiger partial charge in [0.1, 0.15) is 0 Å². The highest BCUT2D eigenvalue weighted by molar-refractivity contribution is 6.31. The van der Waals surface area contributed by atoms with E-state index in [0.29, 0.717) is 0 Å². The van der Waals surface area contributed by atoms with Crippen molar-refractivity contribution in [2.24, 2.45) is 0 Å². The normalized spacial score (nSPS) is 7.89. The summed E-state index contributed by atoms with van der Waals surface area (Å²) in [6.45, 7) is 2.85. The molecule has 0 spiro atoms. The first-order chi connectivity index (χ1) is 7.52. The fraction of sp³-hybridized carbons (Fsp3) is 0.500. The first-order valence-electron chi connectivity index (χ1n) is 4.29. The Hall–Kier alpha value is -1.06. The molecule has 0 aromatic carbocycles. The maximum absolute atomic E-state index is 10.7. The van der Waals surface area contributed by atoms with Gasteiger partial charge in [0.2, 0.25) is 0 Å². The second-order valence-corrected chi connectivity index (χ2v) is 2.18. The molecule has 0 aromatic heterocycles. The van der Waals surface area contributed by atoms with Gasteiger partial charge >= 0.3 is 23.9 Å². The van der Waals surface area contributed by atoms with E-state index in [0.717, 1.165) is 0 Å². The molecular formula is C8H16Al2O8. The molecule has 0 rings (SSSR count). The fourth-order valence-electron chi connectivity index (χ4n) is 0.524. The summed E-state index contributed by atoms with van der Waals surface area (Å²) in [5, 5.41) is 0. The smallest absolute Gasteiger partial charge is 0.457 e. The van der Waals surface area contributed by atoms with Gasteiger partial charge in [-0.1, -0.05) is 0 Å². The topological polar surface area (TPSA) is 105 Å². The minimum Gasteiger partial charge on any atom is -0.457 e. The van der Waals surface area contributed by atoms with E-state index in [4.69, 9.17) is 0 Å². The van der Waals surface area contributed by atoms with Gasteiger partial charge in [-0.05, 0) is 13.8 Å². The van der Waals surface area contributed by atoms with Crippen molar-refractivity contribution in [1.82, 2.24) is 0 Å². The third-order valence-electron chi connectivity index (χ3n) is 1.08. The van der Waals surface area contributed by atoms with Crippen LogP contribution >= 0.6 is 0 Å². The van der Waals surface area contributed by atoms with Crippen molar-refractivity contribution < 1.29 is 38.4 Å². The van der Waals surface area contributed by atoms with Crippen LogP contribution in [-0.2, 0) is 38.4 Å². The van der Waals surface area contributed by atoms with Crippen molar-refractivity contribution in [3.05, 3.63) is 0 Å². The van der Waals surface area contributed by atoms with Gasteiger partial charge in [-0.25, -0.2) is 29.0 Å². The van der Waals surface area contributed by atoms with Crippen LogP contribution in [0, 0.1) is 0 Å². The molecule has 0 saturated heterocycles. The molecule has 0 bridgehead atoms. The van der Waals surface area contributed by atoms with Crippen LogP contribution in [0.3, 0.4) is 0 Å². The Kier molecular flexibility index (Phi) is 15.3. The minimum atomic E-state index is -1.54. The number of hydrogen-bond acceptors (Lipinski definition) is 8. The Morgan fingerprint density at radius 2 is 0.944 bits per heavy atom. The van der Waals surface area contributed by atoms with E-state index in [9.17, 15) is 19.2 Å². The molecule has 0 amide bonds. The van der Waals surface area contributed by atoms with Gasteiger partial charge in [0, 0.05) is 0 Å². The van der Waals surface area contributed by atoms with E-state index in [-0.39, 0.29) is 47.9 Å². The first kappa shape index (κ1) is 22.2. The molecule has 0 heterocycles.